The number of nitrogens with zero attached hydrogens (tertiary/aromatic N) is 1. The summed E-state index contributed by atoms with van der Waals surface area (Å²) in [6.45, 7) is 6.37. The highest BCUT2D eigenvalue weighted by Gasteiger charge is 2.56. The molecule has 1 aromatic carbocycles. The maximum atomic E-state index is 12.7. The van der Waals surface area contributed by atoms with Crippen molar-refractivity contribution in [1.29, 1.82) is 0 Å². The number of carbonyl (C=O) groups is 2. The van der Waals surface area contributed by atoms with E-state index in [2.05, 4.69) is 6.92 Å². The number of hydrogen-bond donors (Lipinski definition) is 0. The van der Waals surface area contributed by atoms with Crippen LogP contribution < -0.4 is 0 Å². The molecule has 2 aliphatic heterocycles. The normalized spacial score (nSPS) is 29.3. The highest BCUT2D eigenvalue weighted by Crippen LogP contribution is 2.38. The quantitative estimate of drug-likeness (QED) is 0.481. The van der Waals surface area contributed by atoms with E-state index in [0.29, 0.717) is 18.6 Å². The Morgan fingerprint density at radius 2 is 1.93 bits per heavy atom. The Balaban J connectivity index is 1.79. The lowest BCUT2D eigenvalue weighted by Gasteiger charge is -2.38. The van der Waals surface area contributed by atoms with E-state index in [9.17, 15) is 9.59 Å². The molecule has 3 rings (SSSR count). The van der Waals surface area contributed by atoms with E-state index in [0.717, 1.165) is 12.8 Å². The number of fused-ring (bicyclic) bond motifs is 1. The van der Waals surface area contributed by atoms with Gasteiger partial charge in [0.1, 0.15) is 18.1 Å². The lowest BCUT2D eigenvalue weighted by Crippen LogP contribution is -2.54. The van der Waals surface area contributed by atoms with Crippen LogP contribution in [0.2, 0.25) is 0 Å². The largest absolute Gasteiger partial charge is 0.466 e. The average molecular weight is 407 g/mol. The summed E-state index contributed by atoms with van der Waals surface area (Å²) in [6, 6.07) is 8.13. The monoisotopic (exact) mass is 407 g/mol. The molecule has 2 saturated heterocycles. The van der Waals surface area contributed by atoms with Crippen LogP contribution in [0.3, 0.4) is 0 Å². The molecule has 0 amide bonds. The molecular weight excluding hydrogens is 378 g/mol. The van der Waals surface area contributed by atoms with Gasteiger partial charge in [0.05, 0.1) is 18.3 Å². The van der Waals surface area contributed by atoms with Crippen LogP contribution in [0.4, 0.5) is 0 Å². The molecule has 0 saturated carbocycles. The fourth-order valence-electron chi connectivity index (χ4n) is 3.58. The van der Waals surface area contributed by atoms with Gasteiger partial charge >= 0.3 is 11.9 Å². The zero-order chi connectivity index (χ0) is 20.8. The minimum absolute atomic E-state index is 0.257. The number of benzene rings is 1. The second-order valence-corrected chi connectivity index (χ2v) is 7.17. The zero-order valence-corrected chi connectivity index (χ0v) is 17.1. The Morgan fingerprint density at radius 1 is 1.17 bits per heavy atom. The first-order chi connectivity index (χ1) is 14.0. The van der Waals surface area contributed by atoms with Gasteiger partial charge in [0.15, 0.2) is 6.29 Å². The van der Waals surface area contributed by atoms with Gasteiger partial charge in [-0.25, -0.2) is 9.63 Å². The Hall–Kier alpha value is -2.00. The van der Waals surface area contributed by atoms with Crippen molar-refractivity contribution in [2.75, 3.05) is 13.2 Å². The summed E-state index contributed by atoms with van der Waals surface area (Å²) in [5, 5.41) is 1.26. The van der Waals surface area contributed by atoms with E-state index in [1.54, 1.807) is 38.1 Å². The molecule has 0 radical (unpaired) electrons. The Kier molecular flexibility index (Phi) is 7.60. The fourth-order valence-corrected chi connectivity index (χ4v) is 3.58. The molecule has 8 heteroatoms. The van der Waals surface area contributed by atoms with Gasteiger partial charge in [-0.15, -0.1) is 0 Å². The highest BCUT2D eigenvalue weighted by atomic mass is 17.0. The summed E-state index contributed by atoms with van der Waals surface area (Å²) in [5.74, 6) is -1.51. The van der Waals surface area contributed by atoms with Gasteiger partial charge in [0.2, 0.25) is 0 Å². The van der Waals surface area contributed by atoms with Crippen molar-refractivity contribution in [3.63, 3.8) is 0 Å². The Labute approximate surface area is 170 Å². The second kappa shape index (κ2) is 10.2. The summed E-state index contributed by atoms with van der Waals surface area (Å²) in [6.07, 6.45) is 0.424. The van der Waals surface area contributed by atoms with Crippen LogP contribution in [-0.2, 0) is 28.7 Å². The molecule has 8 nitrogen and oxygen atoms in total. The third-order valence-electron chi connectivity index (χ3n) is 5.04. The molecule has 0 aliphatic carbocycles. The molecule has 2 aliphatic rings. The maximum Gasteiger partial charge on any atom is 0.338 e. The number of hydrogen-bond acceptors (Lipinski definition) is 8. The molecule has 0 bridgehead atoms. The molecule has 5 atom stereocenters. The standard InChI is InChI=1S/C21H29NO7/c1-4-6-12-26-17-13-16(27-20(23)15-10-8-7-9-11-15)19-18(21(24)25-5-2)14(3)28-22(19)29-17/h7-11,14,16-19H,4-6,12-13H2,1-3H3/t14-,16-,17-,18+,19-/m0/s1. The van der Waals surface area contributed by atoms with Crippen LogP contribution in [0.25, 0.3) is 0 Å². The maximum absolute atomic E-state index is 12.7. The Morgan fingerprint density at radius 3 is 2.62 bits per heavy atom. The molecule has 0 spiro atoms. The van der Waals surface area contributed by atoms with Crippen LogP contribution in [0.1, 0.15) is 50.4 Å². The average Bonchev–Trinajstić information content (AvgIpc) is 3.05. The fraction of sp³-hybridized carbons (Fsp3) is 0.619. The lowest BCUT2D eigenvalue weighted by atomic mass is 9.90. The van der Waals surface area contributed by atoms with Gasteiger partial charge in [-0.05, 0) is 32.4 Å². The predicted octanol–water partition coefficient (Wildman–Crippen LogP) is 2.87. The zero-order valence-electron chi connectivity index (χ0n) is 17.1. The van der Waals surface area contributed by atoms with Crippen LogP contribution in [0, 0.1) is 5.92 Å². The van der Waals surface area contributed by atoms with Gasteiger partial charge in [-0.3, -0.25) is 9.63 Å². The third kappa shape index (κ3) is 5.14. The van der Waals surface area contributed by atoms with Crippen molar-refractivity contribution in [2.45, 2.75) is 64.6 Å². The van der Waals surface area contributed by atoms with Crippen LogP contribution in [0.5, 0.6) is 0 Å². The van der Waals surface area contributed by atoms with Crippen molar-refractivity contribution in [2.24, 2.45) is 5.92 Å². The summed E-state index contributed by atoms with van der Waals surface area (Å²) in [5.41, 5.74) is 0.439. The van der Waals surface area contributed by atoms with Crippen molar-refractivity contribution < 1.29 is 33.5 Å². The molecular formula is C21H29NO7. The van der Waals surface area contributed by atoms with E-state index in [4.69, 9.17) is 23.9 Å². The lowest BCUT2D eigenvalue weighted by molar-refractivity contribution is -0.444. The molecule has 0 aromatic heterocycles. The van der Waals surface area contributed by atoms with E-state index in [1.807, 2.05) is 6.07 Å². The van der Waals surface area contributed by atoms with Crippen molar-refractivity contribution >= 4 is 11.9 Å². The van der Waals surface area contributed by atoms with E-state index in [-0.39, 0.29) is 6.61 Å². The van der Waals surface area contributed by atoms with E-state index in [1.165, 1.54) is 5.23 Å². The summed E-state index contributed by atoms with van der Waals surface area (Å²) in [7, 11) is 0. The molecule has 160 valence electrons. The summed E-state index contributed by atoms with van der Waals surface area (Å²) >= 11 is 0. The first kappa shape index (κ1) is 21.7. The molecule has 0 unspecified atom stereocenters. The molecule has 0 N–H and O–H groups in total. The van der Waals surface area contributed by atoms with E-state index >= 15 is 0 Å². The molecule has 2 fully saturated rings. The minimum Gasteiger partial charge on any atom is -0.466 e. The van der Waals surface area contributed by atoms with Crippen LogP contribution >= 0.6 is 0 Å². The van der Waals surface area contributed by atoms with Crippen LogP contribution in [-0.4, -0.2) is 54.9 Å². The number of ether oxygens (including phenoxy) is 3. The second-order valence-electron chi connectivity index (χ2n) is 7.17. The SMILES string of the molecule is CCCCO[C@@H]1C[C@H](OC(=O)c2ccccc2)[C@H]2[C@H](C(=O)OCC)[C@H](C)ON2O1. The smallest absolute Gasteiger partial charge is 0.338 e. The van der Waals surface area contributed by atoms with Gasteiger partial charge < -0.3 is 14.2 Å². The van der Waals surface area contributed by atoms with E-state index < -0.39 is 42.4 Å². The van der Waals surface area contributed by atoms with Crippen molar-refractivity contribution in [1.82, 2.24) is 5.23 Å². The van der Waals surface area contributed by atoms with Crippen molar-refractivity contribution in [3.8, 4) is 0 Å². The first-order valence-corrected chi connectivity index (χ1v) is 10.2. The number of carbonyl (C=O) groups excluding carboxylic acids is 2. The first-order valence-electron chi connectivity index (χ1n) is 10.2. The number of hydroxylamine groups is 2. The van der Waals surface area contributed by atoms with Gasteiger partial charge in [-0.1, -0.05) is 36.8 Å². The molecule has 2 heterocycles. The Bertz CT molecular complexity index is 683. The summed E-state index contributed by atoms with van der Waals surface area (Å²) in [4.78, 5) is 36.8. The minimum atomic E-state index is -0.651. The molecule has 1 aromatic rings. The topological polar surface area (TPSA) is 83.5 Å². The summed E-state index contributed by atoms with van der Waals surface area (Å²) < 4.78 is 16.8. The number of rotatable bonds is 8. The predicted molar refractivity (Wildman–Crippen MR) is 102 cm³/mol. The molecule has 29 heavy (non-hydrogen) atoms. The number of esters is 2. The highest BCUT2D eigenvalue weighted by molar-refractivity contribution is 5.89. The van der Waals surface area contributed by atoms with Crippen molar-refractivity contribution in [3.05, 3.63) is 35.9 Å². The van der Waals surface area contributed by atoms with Gasteiger partial charge in [0.25, 0.3) is 0 Å². The van der Waals surface area contributed by atoms with Crippen LogP contribution in [0.15, 0.2) is 30.3 Å². The third-order valence-corrected chi connectivity index (χ3v) is 5.04. The number of unbranched alkanes of at least 4 members (excludes halogenated alkanes) is 1. The van der Waals surface area contributed by atoms with Gasteiger partial charge in [0, 0.05) is 13.0 Å². The van der Waals surface area contributed by atoms with Gasteiger partial charge in [-0.2, -0.15) is 0 Å².